The van der Waals surface area contributed by atoms with Crippen LogP contribution in [0.25, 0.3) is 6.08 Å². The number of fused-ring (bicyclic) bond motifs is 1. The van der Waals surface area contributed by atoms with E-state index in [0.717, 1.165) is 13.1 Å². The third kappa shape index (κ3) is 3.46. The van der Waals surface area contributed by atoms with E-state index < -0.39 is 0 Å². The van der Waals surface area contributed by atoms with Crippen LogP contribution in [0.5, 0.6) is 11.5 Å². The minimum Gasteiger partial charge on any atom is -0.872 e. The van der Waals surface area contributed by atoms with Gasteiger partial charge in [-0.2, -0.15) is 0 Å². The van der Waals surface area contributed by atoms with E-state index in [1.165, 1.54) is 23.1 Å². The molecule has 2 aliphatic heterocycles. The Balaban J connectivity index is 1.69. The Morgan fingerprint density at radius 3 is 2.63 bits per heavy atom. The Labute approximate surface area is 156 Å². The van der Waals surface area contributed by atoms with Crippen molar-refractivity contribution in [1.29, 1.82) is 0 Å². The van der Waals surface area contributed by atoms with Gasteiger partial charge in [-0.15, -0.1) is 0 Å². The van der Waals surface area contributed by atoms with E-state index >= 15 is 0 Å². The zero-order valence-corrected chi connectivity index (χ0v) is 15.0. The highest BCUT2D eigenvalue weighted by atomic mass is 19.1. The third-order valence-electron chi connectivity index (χ3n) is 5.00. The number of rotatable bonds is 3. The van der Waals surface area contributed by atoms with Gasteiger partial charge in [0.05, 0.1) is 18.8 Å². The number of carbonyl (C=O) groups excluding carboxylic acids is 1. The van der Waals surface area contributed by atoms with Gasteiger partial charge in [0.1, 0.15) is 31.2 Å². The molecule has 2 aliphatic rings. The fourth-order valence-electron chi connectivity index (χ4n) is 3.53. The van der Waals surface area contributed by atoms with Gasteiger partial charge in [0.2, 0.25) is 5.78 Å². The van der Waals surface area contributed by atoms with Crippen LogP contribution in [0.1, 0.15) is 27.0 Å². The number of hydrogen-bond acceptors (Lipinski definition) is 4. The third-order valence-corrected chi connectivity index (χ3v) is 5.00. The number of hydrogen-bond donors (Lipinski definition) is 1. The zero-order valence-electron chi connectivity index (χ0n) is 15.0. The van der Waals surface area contributed by atoms with Gasteiger partial charge in [0, 0.05) is 5.56 Å². The second-order valence-corrected chi connectivity index (χ2v) is 6.90. The van der Waals surface area contributed by atoms with E-state index in [2.05, 4.69) is 0 Å². The highest BCUT2D eigenvalue weighted by Gasteiger charge is 2.33. The smallest absolute Gasteiger partial charge is 0.232 e. The first-order valence-electron chi connectivity index (χ1n) is 8.97. The molecule has 0 radical (unpaired) electrons. The fourth-order valence-corrected chi connectivity index (χ4v) is 3.53. The Bertz CT molecular complexity index is 915. The molecular formula is C21H20FNO4. The van der Waals surface area contributed by atoms with Gasteiger partial charge in [-0.25, -0.2) is 4.39 Å². The Hall–Kier alpha value is -2.70. The maximum atomic E-state index is 13.1. The molecule has 0 unspecified atom stereocenters. The van der Waals surface area contributed by atoms with E-state index in [9.17, 15) is 14.3 Å². The quantitative estimate of drug-likeness (QED) is 0.827. The number of quaternary nitrogens is 1. The molecule has 0 amide bonds. The molecule has 2 aromatic rings. The number of nitrogens with one attached hydrogen (secondary N) is 1. The molecule has 2 aromatic carbocycles. The minimum absolute atomic E-state index is 0.110. The number of ether oxygens (including phenoxy) is 2. The Kier molecular flexibility index (Phi) is 4.68. The molecule has 6 heteroatoms. The number of ketones is 1. The molecule has 27 heavy (non-hydrogen) atoms. The predicted octanol–water partition coefficient (Wildman–Crippen LogP) is 1.24. The number of aryl methyl sites for hydroxylation is 1. The van der Waals surface area contributed by atoms with Crippen molar-refractivity contribution in [2.24, 2.45) is 0 Å². The van der Waals surface area contributed by atoms with Crippen LogP contribution in [0.2, 0.25) is 0 Å². The van der Waals surface area contributed by atoms with E-state index in [1.807, 2.05) is 0 Å². The van der Waals surface area contributed by atoms with Crippen LogP contribution in [-0.2, 0) is 11.3 Å². The predicted molar refractivity (Wildman–Crippen MR) is 95.2 cm³/mol. The van der Waals surface area contributed by atoms with Crippen molar-refractivity contribution in [3.8, 4) is 11.5 Å². The fraction of sp³-hybridized carbons (Fsp3) is 0.286. The van der Waals surface area contributed by atoms with Crippen LogP contribution in [0.3, 0.4) is 0 Å². The molecule has 2 heterocycles. The Morgan fingerprint density at radius 1 is 1.22 bits per heavy atom. The van der Waals surface area contributed by atoms with Gasteiger partial charge in [0.15, 0.2) is 5.76 Å². The van der Waals surface area contributed by atoms with Crippen molar-refractivity contribution in [3.05, 3.63) is 64.2 Å². The average Bonchev–Trinajstić information content (AvgIpc) is 2.98. The van der Waals surface area contributed by atoms with Crippen LogP contribution < -0.4 is 14.7 Å². The molecule has 4 rings (SSSR count). The first-order chi connectivity index (χ1) is 13.0. The van der Waals surface area contributed by atoms with Crippen LogP contribution in [-0.4, -0.2) is 32.1 Å². The summed E-state index contributed by atoms with van der Waals surface area (Å²) in [4.78, 5) is 14.1. The number of Topliss-reactive ketones (excluding diaryl/α,β-unsaturated/α-hetero) is 1. The van der Waals surface area contributed by atoms with E-state index in [0.29, 0.717) is 47.8 Å². The lowest BCUT2D eigenvalue weighted by molar-refractivity contribution is -0.921. The summed E-state index contributed by atoms with van der Waals surface area (Å²) in [5, 5.41) is 12.6. The molecule has 0 spiro atoms. The SMILES string of the molecule is Cc1cc([O-])c(C[NH+]2CCOCC2)c2c1C(=O)C(=Cc1ccc(F)cc1)O2. The van der Waals surface area contributed by atoms with Crippen LogP contribution in [0, 0.1) is 12.7 Å². The lowest BCUT2D eigenvalue weighted by Gasteiger charge is -2.26. The summed E-state index contributed by atoms with van der Waals surface area (Å²) < 4.78 is 24.3. The largest absolute Gasteiger partial charge is 0.872 e. The van der Waals surface area contributed by atoms with Gasteiger partial charge in [-0.3, -0.25) is 4.79 Å². The molecule has 0 atom stereocenters. The van der Waals surface area contributed by atoms with Gasteiger partial charge in [-0.05, 0) is 36.3 Å². The van der Waals surface area contributed by atoms with E-state index in [-0.39, 0.29) is 23.1 Å². The molecule has 140 valence electrons. The van der Waals surface area contributed by atoms with Crippen LogP contribution >= 0.6 is 0 Å². The van der Waals surface area contributed by atoms with Crippen molar-refractivity contribution in [1.82, 2.24) is 0 Å². The molecule has 5 nitrogen and oxygen atoms in total. The van der Waals surface area contributed by atoms with Crippen molar-refractivity contribution < 1.29 is 28.7 Å². The number of allylic oxidation sites excluding steroid dienone is 1. The molecular weight excluding hydrogens is 349 g/mol. The molecule has 1 fully saturated rings. The highest BCUT2D eigenvalue weighted by molar-refractivity contribution is 6.15. The molecule has 1 saturated heterocycles. The van der Waals surface area contributed by atoms with Crippen molar-refractivity contribution in [2.75, 3.05) is 26.3 Å². The van der Waals surface area contributed by atoms with Gasteiger partial charge >= 0.3 is 0 Å². The summed E-state index contributed by atoms with van der Waals surface area (Å²) in [6, 6.07) is 7.32. The molecule has 0 saturated carbocycles. The monoisotopic (exact) mass is 369 g/mol. The van der Waals surface area contributed by atoms with Crippen molar-refractivity contribution in [2.45, 2.75) is 13.5 Å². The highest BCUT2D eigenvalue weighted by Crippen LogP contribution is 2.40. The summed E-state index contributed by atoms with van der Waals surface area (Å²) >= 11 is 0. The molecule has 0 aromatic heterocycles. The Morgan fingerprint density at radius 2 is 1.93 bits per heavy atom. The summed E-state index contributed by atoms with van der Waals surface area (Å²) in [7, 11) is 0. The molecule has 0 bridgehead atoms. The number of benzene rings is 2. The zero-order chi connectivity index (χ0) is 19.0. The van der Waals surface area contributed by atoms with Crippen molar-refractivity contribution >= 4 is 11.9 Å². The molecule has 0 aliphatic carbocycles. The van der Waals surface area contributed by atoms with Crippen molar-refractivity contribution in [3.63, 3.8) is 0 Å². The number of morpholine rings is 1. The number of carbonyl (C=O) groups is 1. The topological polar surface area (TPSA) is 63.0 Å². The molecule has 1 N–H and O–H groups in total. The maximum Gasteiger partial charge on any atom is 0.232 e. The van der Waals surface area contributed by atoms with Gasteiger partial charge < -0.3 is 19.5 Å². The van der Waals surface area contributed by atoms with Crippen LogP contribution in [0.15, 0.2) is 36.1 Å². The van der Waals surface area contributed by atoms with E-state index in [1.54, 1.807) is 25.1 Å². The van der Waals surface area contributed by atoms with Gasteiger partial charge in [-0.1, -0.05) is 23.9 Å². The van der Waals surface area contributed by atoms with Gasteiger partial charge in [0.25, 0.3) is 0 Å². The van der Waals surface area contributed by atoms with E-state index in [4.69, 9.17) is 9.47 Å². The average molecular weight is 369 g/mol. The first kappa shape index (κ1) is 17.7. The first-order valence-corrected chi connectivity index (χ1v) is 8.97. The second kappa shape index (κ2) is 7.13. The summed E-state index contributed by atoms with van der Waals surface area (Å²) in [5.41, 5.74) is 2.25. The lowest BCUT2D eigenvalue weighted by atomic mass is 9.99. The number of halogens is 1. The second-order valence-electron chi connectivity index (χ2n) is 6.90. The maximum absolute atomic E-state index is 13.1. The lowest BCUT2D eigenvalue weighted by Crippen LogP contribution is -3.12. The summed E-state index contributed by atoms with van der Waals surface area (Å²) in [6.45, 7) is 5.19. The minimum atomic E-state index is -0.346. The summed E-state index contributed by atoms with van der Waals surface area (Å²) in [6.07, 6.45) is 1.58. The summed E-state index contributed by atoms with van der Waals surface area (Å²) in [5.74, 6) is -0.172. The van der Waals surface area contributed by atoms with Crippen LogP contribution in [0.4, 0.5) is 4.39 Å². The normalized spacial score (nSPS) is 18.6. The standard InChI is InChI=1S/C21H20FNO4/c1-13-10-17(24)16(12-23-6-8-26-9-7-23)21-19(13)20(25)18(27-21)11-14-2-4-15(22)5-3-14/h2-5,10-11,24H,6-9,12H2,1H3.